The maximum absolute atomic E-state index is 5.96. The van der Waals surface area contributed by atoms with Crippen molar-refractivity contribution in [2.45, 2.75) is 20.8 Å². The van der Waals surface area contributed by atoms with Gasteiger partial charge in [0.05, 0.1) is 11.4 Å². The van der Waals surface area contributed by atoms with E-state index in [1.165, 1.54) is 27.9 Å². The quantitative estimate of drug-likeness (QED) is 0.435. The van der Waals surface area contributed by atoms with E-state index in [4.69, 9.17) is 11.6 Å². The first-order valence-corrected chi connectivity index (χ1v) is 9.55. The summed E-state index contributed by atoms with van der Waals surface area (Å²) >= 11 is 5.96. The Hall–Kier alpha value is -2.85. The van der Waals surface area contributed by atoms with E-state index < -0.39 is 0 Å². The summed E-state index contributed by atoms with van der Waals surface area (Å²) in [5, 5.41) is 9.07. The molecule has 4 rings (SSSR count). The first-order chi connectivity index (χ1) is 13.4. The van der Waals surface area contributed by atoms with Gasteiger partial charge >= 0.3 is 0 Å². The van der Waals surface area contributed by atoms with Crippen LogP contribution < -0.4 is 0 Å². The Kier molecular flexibility index (Phi) is 6.00. The van der Waals surface area contributed by atoms with Gasteiger partial charge in [-0.2, -0.15) is 10.2 Å². The van der Waals surface area contributed by atoms with Crippen molar-refractivity contribution in [2.75, 3.05) is 0 Å². The normalized spacial score (nSPS) is 10.5. The van der Waals surface area contributed by atoms with E-state index in [9.17, 15) is 0 Å². The minimum atomic E-state index is 0.756. The maximum Gasteiger partial charge on any atom is 0.0682 e. The van der Waals surface area contributed by atoms with Gasteiger partial charge in [-0.25, -0.2) is 0 Å². The highest BCUT2D eigenvalue weighted by molar-refractivity contribution is 6.30. The first kappa shape index (κ1) is 19.9. The van der Waals surface area contributed by atoms with Gasteiger partial charge in [0.15, 0.2) is 0 Å². The van der Waals surface area contributed by atoms with Crippen molar-refractivity contribution in [3.8, 4) is 22.5 Å². The van der Waals surface area contributed by atoms with Gasteiger partial charge in [0.1, 0.15) is 0 Å². The summed E-state index contributed by atoms with van der Waals surface area (Å²) in [4.78, 5) is 0. The van der Waals surface area contributed by atoms with Gasteiger partial charge in [-0.3, -0.25) is 9.36 Å². The minimum Gasteiger partial charge on any atom is -0.268 e. The lowest BCUT2D eigenvalue weighted by atomic mass is 10.0. The number of hydrogen-bond donors (Lipinski definition) is 0. The maximum atomic E-state index is 5.96. The van der Waals surface area contributed by atoms with Crippen LogP contribution in [-0.2, 0) is 14.1 Å². The highest BCUT2D eigenvalue weighted by Crippen LogP contribution is 2.26. The lowest BCUT2D eigenvalue weighted by molar-refractivity contribution is 0.775. The van der Waals surface area contributed by atoms with E-state index in [-0.39, 0.29) is 0 Å². The second kappa shape index (κ2) is 8.44. The monoisotopic (exact) mass is 392 g/mol. The fourth-order valence-corrected chi connectivity index (χ4v) is 3.33. The van der Waals surface area contributed by atoms with Gasteiger partial charge in [0.25, 0.3) is 0 Å². The Balaban J connectivity index is 0.000000161. The smallest absolute Gasteiger partial charge is 0.0682 e. The predicted molar refractivity (Wildman–Crippen MR) is 117 cm³/mol. The molecule has 0 saturated carbocycles. The second-order valence-corrected chi connectivity index (χ2v) is 7.39. The van der Waals surface area contributed by atoms with E-state index in [0.717, 1.165) is 16.3 Å². The van der Waals surface area contributed by atoms with Crippen LogP contribution in [0.5, 0.6) is 0 Å². The molecule has 0 aliphatic heterocycles. The fourth-order valence-electron chi connectivity index (χ4n) is 3.16. The van der Waals surface area contributed by atoms with Crippen molar-refractivity contribution in [1.29, 1.82) is 0 Å². The van der Waals surface area contributed by atoms with Crippen LogP contribution >= 0.6 is 11.6 Å². The van der Waals surface area contributed by atoms with E-state index >= 15 is 0 Å². The number of benzene rings is 2. The molecule has 0 saturated heterocycles. The zero-order valence-electron chi connectivity index (χ0n) is 16.9. The van der Waals surface area contributed by atoms with Gasteiger partial charge in [-0.15, -0.1) is 0 Å². The van der Waals surface area contributed by atoms with Crippen LogP contribution in [0.3, 0.4) is 0 Å². The van der Waals surface area contributed by atoms with Gasteiger partial charge in [0.2, 0.25) is 0 Å². The summed E-state index contributed by atoms with van der Waals surface area (Å²) in [6.45, 7) is 6.31. The van der Waals surface area contributed by atoms with Crippen molar-refractivity contribution in [3.05, 3.63) is 82.6 Å². The Bertz CT molecular complexity index is 1000. The molecular weight excluding hydrogens is 368 g/mol. The highest BCUT2D eigenvalue weighted by atomic mass is 35.5. The molecule has 0 N–H and O–H groups in total. The lowest BCUT2D eigenvalue weighted by Gasteiger charge is -2.07. The third kappa shape index (κ3) is 4.34. The zero-order chi connectivity index (χ0) is 20.3. The Labute approximate surface area is 171 Å². The molecule has 0 aliphatic rings. The summed E-state index contributed by atoms with van der Waals surface area (Å²) < 4.78 is 3.75. The molecule has 0 fully saturated rings. The summed E-state index contributed by atoms with van der Waals surface area (Å²) in [6, 6.07) is 16.4. The van der Waals surface area contributed by atoms with Crippen LogP contribution in [0.25, 0.3) is 22.5 Å². The van der Waals surface area contributed by atoms with Crippen LogP contribution in [0.15, 0.2) is 60.9 Å². The molecule has 144 valence electrons. The molecule has 5 heteroatoms. The molecule has 4 aromatic rings. The molecule has 0 radical (unpaired) electrons. The van der Waals surface area contributed by atoms with Crippen molar-refractivity contribution >= 4 is 11.6 Å². The SMILES string of the molecule is Cc1ccc(C)c(-c2ccnn2C)c1.Cc1ccc(Cl)cc1-c1ccnn1C. The number of aryl methyl sites for hydroxylation is 5. The van der Waals surface area contributed by atoms with E-state index in [2.05, 4.69) is 49.2 Å². The Morgan fingerprint density at radius 2 is 1.18 bits per heavy atom. The van der Waals surface area contributed by atoms with Gasteiger partial charge in [-0.1, -0.05) is 35.4 Å². The van der Waals surface area contributed by atoms with Crippen LogP contribution in [0.1, 0.15) is 16.7 Å². The standard InChI is InChI=1S/C12H14N2.C11H11ClN2/c1-9-4-5-10(2)11(8-9)12-6-7-13-14(12)3;1-8-3-4-9(12)7-10(8)11-5-6-13-14(11)2/h4-8H,1-3H3;3-7H,1-2H3. The zero-order valence-corrected chi connectivity index (χ0v) is 17.7. The molecule has 2 aromatic heterocycles. The molecule has 0 aliphatic carbocycles. The van der Waals surface area contributed by atoms with Crippen molar-refractivity contribution < 1.29 is 0 Å². The third-order valence-corrected chi connectivity index (χ3v) is 5.02. The van der Waals surface area contributed by atoms with Crippen LogP contribution in [-0.4, -0.2) is 19.6 Å². The summed E-state index contributed by atoms with van der Waals surface area (Å²) in [5.41, 5.74) is 8.45. The molecule has 0 atom stereocenters. The van der Waals surface area contributed by atoms with Crippen molar-refractivity contribution in [2.24, 2.45) is 14.1 Å². The van der Waals surface area contributed by atoms with Crippen molar-refractivity contribution in [3.63, 3.8) is 0 Å². The Morgan fingerprint density at radius 1 is 0.679 bits per heavy atom. The Morgan fingerprint density at radius 3 is 1.68 bits per heavy atom. The molecule has 0 spiro atoms. The number of halogens is 1. The number of aromatic nitrogens is 4. The van der Waals surface area contributed by atoms with Crippen LogP contribution in [0, 0.1) is 20.8 Å². The molecule has 0 amide bonds. The average molecular weight is 393 g/mol. The summed E-state index contributed by atoms with van der Waals surface area (Å²) in [5.74, 6) is 0. The topological polar surface area (TPSA) is 35.6 Å². The largest absolute Gasteiger partial charge is 0.268 e. The molecule has 4 nitrogen and oxygen atoms in total. The highest BCUT2D eigenvalue weighted by Gasteiger charge is 2.06. The third-order valence-electron chi connectivity index (χ3n) is 4.79. The molecule has 2 aromatic carbocycles. The summed E-state index contributed by atoms with van der Waals surface area (Å²) in [7, 11) is 3.90. The average Bonchev–Trinajstić information content (AvgIpc) is 3.28. The second-order valence-electron chi connectivity index (χ2n) is 6.96. The number of hydrogen-bond acceptors (Lipinski definition) is 2. The minimum absolute atomic E-state index is 0.756. The number of rotatable bonds is 2. The predicted octanol–water partition coefficient (Wildman–Crippen LogP) is 5.75. The van der Waals surface area contributed by atoms with E-state index in [0.29, 0.717) is 0 Å². The molecular formula is C23H25ClN4. The van der Waals surface area contributed by atoms with Gasteiger partial charge in [-0.05, 0) is 62.2 Å². The van der Waals surface area contributed by atoms with E-state index in [1.54, 1.807) is 6.20 Å². The van der Waals surface area contributed by atoms with Gasteiger partial charge in [0, 0.05) is 42.6 Å². The molecule has 2 heterocycles. The first-order valence-electron chi connectivity index (χ1n) is 9.17. The number of nitrogens with zero attached hydrogens (tertiary/aromatic N) is 4. The van der Waals surface area contributed by atoms with Crippen molar-refractivity contribution in [1.82, 2.24) is 19.6 Å². The molecule has 0 bridgehead atoms. The lowest BCUT2D eigenvalue weighted by Crippen LogP contribution is -1.95. The molecule has 28 heavy (non-hydrogen) atoms. The summed E-state index contributed by atoms with van der Waals surface area (Å²) in [6.07, 6.45) is 3.62. The molecule has 0 unspecified atom stereocenters. The van der Waals surface area contributed by atoms with Gasteiger partial charge < -0.3 is 0 Å². The van der Waals surface area contributed by atoms with Crippen LogP contribution in [0.4, 0.5) is 0 Å². The fraction of sp³-hybridized carbons (Fsp3) is 0.217. The van der Waals surface area contributed by atoms with E-state index in [1.807, 2.05) is 60.0 Å². The van der Waals surface area contributed by atoms with Crippen LogP contribution in [0.2, 0.25) is 5.02 Å².